The van der Waals surface area contributed by atoms with Crippen LogP contribution in [0.2, 0.25) is 0 Å². The van der Waals surface area contributed by atoms with Crippen molar-refractivity contribution in [3.8, 4) is 0 Å². The summed E-state index contributed by atoms with van der Waals surface area (Å²) in [5.74, 6) is -1.61. The van der Waals surface area contributed by atoms with Crippen LogP contribution < -0.4 is 5.32 Å². The standard InChI is InChI=1S/C18H20N2O3/c1-18(9-3-2-6-14(18)17(22)23)20-16(21)13-7-8-15-12(11-13)5-4-10-19-15/h4-5,7-8,10-11,14H,2-3,6,9H2,1H3,(H,20,21)(H,22,23). The fraction of sp³-hybridized carbons (Fsp3) is 0.389. The van der Waals surface area contributed by atoms with Gasteiger partial charge < -0.3 is 10.4 Å². The number of benzene rings is 1. The van der Waals surface area contributed by atoms with Crippen LogP contribution >= 0.6 is 0 Å². The minimum atomic E-state index is -0.838. The van der Waals surface area contributed by atoms with Crippen LogP contribution in [0.4, 0.5) is 0 Å². The molecule has 0 saturated heterocycles. The highest BCUT2D eigenvalue weighted by Crippen LogP contribution is 2.34. The maximum absolute atomic E-state index is 12.6. The van der Waals surface area contributed by atoms with Crippen LogP contribution in [0, 0.1) is 5.92 Å². The lowest BCUT2D eigenvalue weighted by Gasteiger charge is -2.39. The van der Waals surface area contributed by atoms with E-state index in [1.165, 1.54) is 0 Å². The molecule has 3 rings (SSSR count). The summed E-state index contributed by atoms with van der Waals surface area (Å²) in [6, 6.07) is 9.06. The number of carbonyl (C=O) groups is 2. The van der Waals surface area contributed by atoms with Crippen LogP contribution in [0.15, 0.2) is 36.5 Å². The lowest BCUT2D eigenvalue weighted by Crippen LogP contribution is -2.55. The number of rotatable bonds is 3. The first kappa shape index (κ1) is 15.5. The van der Waals surface area contributed by atoms with Gasteiger partial charge in [0.15, 0.2) is 0 Å². The third-order valence-electron chi connectivity index (χ3n) is 4.77. The van der Waals surface area contributed by atoms with E-state index in [2.05, 4.69) is 10.3 Å². The molecule has 2 N–H and O–H groups in total. The van der Waals surface area contributed by atoms with Crippen molar-refractivity contribution in [2.75, 3.05) is 0 Å². The van der Waals surface area contributed by atoms with E-state index in [4.69, 9.17) is 0 Å². The van der Waals surface area contributed by atoms with Gasteiger partial charge in [-0.05, 0) is 44.0 Å². The van der Waals surface area contributed by atoms with E-state index in [0.29, 0.717) is 18.4 Å². The van der Waals surface area contributed by atoms with Gasteiger partial charge in [-0.2, -0.15) is 0 Å². The average Bonchev–Trinajstić information content (AvgIpc) is 2.54. The molecule has 1 fully saturated rings. The molecule has 2 atom stereocenters. The first-order chi connectivity index (χ1) is 11.0. The Morgan fingerprint density at radius 1 is 1.30 bits per heavy atom. The molecule has 0 spiro atoms. The predicted molar refractivity (Wildman–Crippen MR) is 87.2 cm³/mol. The van der Waals surface area contributed by atoms with E-state index in [1.54, 1.807) is 18.3 Å². The van der Waals surface area contributed by atoms with Crippen LogP contribution in [0.1, 0.15) is 43.0 Å². The Hall–Kier alpha value is -2.43. The fourth-order valence-corrected chi connectivity index (χ4v) is 3.43. The molecule has 1 aliphatic rings. The molecule has 1 saturated carbocycles. The molecular formula is C18H20N2O3. The molecule has 1 amide bonds. The van der Waals surface area contributed by atoms with E-state index in [1.807, 2.05) is 25.1 Å². The molecule has 0 aliphatic heterocycles. The number of hydrogen-bond donors (Lipinski definition) is 2. The maximum atomic E-state index is 12.6. The Bertz CT molecular complexity index is 759. The van der Waals surface area contributed by atoms with E-state index in [0.717, 1.165) is 23.7 Å². The van der Waals surface area contributed by atoms with Crippen molar-refractivity contribution < 1.29 is 14.7 Å². The van der Waals surface area contributed by atoms with Crippen molar-refractivity contribution in [3.05, 3.63) is 42.1 Å². The second-order valence-electron chi connectivity index (χ2n) is 6.42. The highest BCUT2D eigenvalue weighted by molar-refractivity contribution is 5.98. The Labute approximate surface area is 134 Å². The number of carbonyl (C=O) groups excluding carboxylic acids is 1. The van der Waals surface area contributed by atoms with Crippen molar-refractivity contribution in [1.29, 1.82) is 0 Å². The molecule has 1 heterocycles. The van der Waals surface area contributed by atoms with Gasteiger partial charge in [0.1, 0.15) is 0 Å². The number of amides is 1. The quantitative estimate of drug-likeness (QED) is 0.913. The van der Waals surface area contributed by atoms with Gasteiger partial charge in [-0.1, -0.05) is 18.9 Å². The molecule has 0 radical (unpaired) electrons. The largest absolute Gasteiger partial charge is 0.481 e. The zero-order valence-electron chi connectivity index (χ0n) is 13.1. The first-order valence-corrected chi connectivity index (χ1v) is 7.90. The molecule has 5 nitrogen and oxygen atoms in total. The lowest BCUT2D eigenvalue weighted by atomic mass is 9.73. The van der Waals surface area contributed by atoms with E-state index in [9.17, 15) is 14.7 Å². The minimum absolute atomic E-state index is 0.230. The van der Waals surface area contributed by atoms with Crippen molar-refractivity contribution in [3.63, 3.8) is 0 Å². The van der Waals surface area contributed by atoms with Gasteiger partial charge in [0.25, 0.3) is 5.91 Å². The van der Waals surface area contributed by atoms with Gasteiger partial charge in [-0.3, -0.25) is 14.6 Å². The molecule has 2 aromatic rings. The normalized spacial score (nSPS) is 24.3. The number of nitrogens with one attached hydrogen (secondary N) is 1. The van der Waals surface area contributed by atoms with Gasteiger partial charge in [-0.25, -0.2) is 0 Å². The van der Waals surface area contributed by atoms with E-state index < -0.39 is 17.4 Å². The number of aliphatic carboxylic acids is 1. The maximum Gasteiger partial charge on any atom is 0.308 e. The smallest absolute Gasteiger partial charge is 0.308 e. The lowest BCUT2D eigenvalue weighted by molar-refractivity contribution is -0.145. The SMILES string of the molecule is CC1(NC(=O)c2ccc3ncccc3c2)CCCCC1C(=O)O. The van der Waals surface area contributed by atoms with Gasteiger partial charge in [-0.15, -0.1) is 0 Å². The third-order valence-corrected chi connectivity index (χ3v) is 4.77. The summed E-state index contributed by atoms with van der Waals surface area (Å²) >= 11 is 0. The number of carboxylic acid groups (broad SMARTS) is 1. The topological polar surface area (TPSA) is 79.3 Å². The number of nitrogens with zero attached hydrogens (tertiary/aromatic N) is 1. The van der Waals surface area contributed by atoms with Crippen LogP contribution in [-0.2, 0) is 4.79 Å². The van der Waals surface area contributed by atoms with Crippen LogP contribution in [0.3, 0.4) is 0 Å². The predicted octanol–water partition coefficient (Wildman–Crippen LogP) is 3.00. The van der Waals surface area contributed by atoms with E-state index >= 15 is 0 Å². The summed E-state index contributed by atoms with van der Waals surface area (Å²) < 4.78 is 0. The summed E-state index contributed by atoms with van der Waals surface area (Å²) in [5.41, 5.74) is 0.656. The number of carboxylic acids is 1. The number of fused-ring (bicyclic) bond motifs is 1. The van der Waals surface area contributed by atoms with Crippen LogP contribution in [0.5, 0.6) is 0 Å². The summed E-state index contributed by atoms with van der Waals surface area (Å²) in [6.07, 6.45) is 4.83. The van der Waals surface area contributed by atoms with Gasteiger partial charge in [0.2, 0.25) is 0 Å². The summed E-state index contributed by atoms with van der Waals surface area (Å²) in [4.78, 5) is 28.3. The monoisotopic (exact) mass is 312 g/mol. The molecule has 5 heteroatoms. The van der Waals surface area contributed by atoms with E-state index in [-0.39, 0.29) is 5.91 Å². The summed E-state index contributed by atoms with van der Waals surface area (Å²) in [7, 11) is 0. The Morgan fingerprint density at radius 2 is 2.13 bits per heavy atom. The Kier molecular flexibility index (Phi) is 4.03. The van der Waals surface area contributed by atoms with Gasteiger partial charge >= 0.3 is 5.97 Å². The van der Waals surface area contributed by atoms with Crippen molar-refractivity contribution >= 4 is 22.8 Å². The van der Waals surface area contributed by atoms with Crippen molar-refractivity contribution in [2.24, 2.45) is 5.92 Å². The molecule has 1 aliphatic carbocycles. The molecule has 23 heavy (non-hydrogen) atoms. The zero-order valence-corrected chi connectivity index (χ0v) is 13.1. The van der Waals surface area contributed by atoms with Gasteiger partial charge in [0, 0.05) is 17.1 Å². The van der Waals surface area contributed by atoms with Crippen LogP contribution in [0.25, 0.3) is 10.9 Å². The minimum Gasteiger partial charge on any atom is -0.481 e. The molecule has 1 aromatic carbocycles. The summed E-state index contributed by atoms with van der Waals surface area (Å²) in [5, 5.41) is 13.3. The summed E-state index contributed by atoms with van der Waals surface area (Å²) in [6.45, 7) is 1.84. The molecule has 1 aromatic heterocycles. The second kappa shape index (κ2) is 5.99. The van der Waals surface area contributed by atoms with Gasteiger partial charge in [0.05, 0.1) is 17.0 Å². The molecular weight excluding hydrogens is 292 g/mol. The Balaban J connectivity index is 1.85. The molecule has 0 bridgehead atoms. The fourth-order valence-electron chi connectivity index (χ4n) is 3.43. The zero-order chi connectivity index (χ0) is 16.4. The second-order valence-corrected chi connectivity index (χ2v) is 6.42. The number of hydrogen-bond acceptors (Lipinski definition) is 3. The highest BCUT2D eigenvalue weighted by atomic mass is 16.4. The Morgan fingerprint density at radius 3 is 2.91 bits per heavy atom. The molecule has 120 valence electrons. The average molecular weight is 312 g/mol. The van der Waals surface area contributed by atoms with Crippen molar-refractivity contribution in [2.45, 2.75) is 38.1 Å². The number of aromatic nitrogens is 1. The van der Waals surface area contributed by atoms with Crippen molar-refractivity contribution in [1.82, 2.24) is 10.3 Å². The number of pyridine rings is 1. The third kappa shape index (κ3) is 3.04. The molecule has 2 unspecified atom stereocenters. The first-order valence-electron chi connectivity index (χ1n) is 7.90. The van der Waals surface area contributed by atoms with Crippen LogP contribution in [-0.4, -0.2) is 27.5 Å². The highest BCUT2D eigenvalue weighted by Gasteiger charge is 2.42.